The Bertz CT molecular complexity index is 768. The van der Waals surface area contributed by atoms with Gasteiger partial charge in [-0.05, 0) is 19.3 Å². The van der Waals surface area contributed by atoms with Crippen molar-refractivity contribution in [1.29, 1.82) is 0 Å². The highest BCUT2D eigenvalue weighted by Gasteiger charge is 2.31. The number of nitrogens with zero attached hydrogens (tertiary/aromatic N) is 1. The van der Waals surface area contributed by atoms with Crippen LogP contribution in [0.1, 0.15) is 32.1 Å². The van der Waals surface area contributed by atoms with E-state index in [1.807, 2.05) is 5.32 Å². The summed E-state index contributed by atoms with van der Waals surface area (Å²) in [5.74, 6) is -7.30. The van der Waals surface area contributed by atoms with E-state index in [1.54, 1.807) is 0 Å². The van der Waals surface area contributed by atoms with Gasteiger partial charge in [0.15, 0.2) is 5.96 Å². The predicted molar refractivity (Wildman–Crippen MR) is 112 cm³/mol. The average molecular weight is 475 g/mol. The lowest BCUT2D eigenvalue weighted by Gasteiger charge is -2.23. The molecule has 0 aromatic carbocycles. The standard InChI is InChI=1S/C17H29N7O9/c18-7-11(25)22-8(2-1-5-21-17(19)20)14(30)24-10(6-13(28)29)15(31)23-9(16(32)33)3-4-12(26)27/h8-10H,1-7,18H2,(H,22,25)(H,23,31)(H,24,30)(H,26,27)(H,28,29)(H,32,33)(H4,19,20,21). The quantitative estimate of drug-likeness (QED) is 0.0584. The minimum absolute atomic E-state index is 0.00608. The minimum Gasteiger partial charge on any atom is -0.481 e. The van der Waals surface area contributed by atoms with Crippen molar-refractivity contribution in [3.8, 4) is 0 Å². The number of carbonyl (C=O) groups is 6. The number of guanidine groups is 1. The number of carboxylic acid groups (broad SMARTS) is 3. The molecule has 0 aliphatic carbocycles. The van der Waals surface area contributed by atoms with Crippen LogP contribution < -0.4 is 33.2 Å². The molecule has 33 heavy (non-hydrogen) atoms. The summed E-state index contributed by atoms with van der Waals surface area (Å²) in [6.45, 7) is -0.325. The van der Waals surface area contributed by atoms with Gasteiger partial charge in [-0.15, -0.1) is 0 Å². The van der Waals surface area contributed by atoms with Crippen molar-refractivity contribution in [2.24, 2.45) is 22.2 Å². The molecule has 0 aliphatic rings. The van der Waals surface area contributed by atoms with Crippen molar-refractivity contribution in [2.75, 3.05) is 13.1 Å². The summed E-state index contributed by atoms with van der Waals surface area (Å²) in [5, 5.41) is 33.4. The molecule has 0 radical (unpaired) electrons. The first-order valence-electron chi connectivity index (χ1n) is 9.69. The molecule has 0 spiro atoms. The van der Waals surface area contributed by atoms with E-state index in [0.717, 1.165) is 0 Å². The highest BCUT2D eigenvalue weighted by molar-refractivity contribution is 5.95. The first-order valence-corrected chi connectivity index (χ1v) is 9.69. The van der Waals surface area contributed by atoms with Crippen molar-refractivity contribution in [1.82, 2.24) is 16.0 Å². The van der Waals surface area contributed by atoms with Gasteiger partial charge in [-0.25, -0.2) is 4.79 Å². The smallest absolute Gasteiger partial charge is 0.326 e. The number of hydrogen-bond donors (Lipinski definition) is 9. The van der Waals surface area contributed by atoms with Crippen LogP contribution in [0.2, 0.25) is 0 Å². The molecule has 0 heterocycles. The molecule has 16 heteroatoms. The second-order valence-corrected chi connectivity index (χ2v) is 6.76. The van der Waals surface area contributed by atoms with Gasteiger partial charge >= 0.3 is 17.9 Å². The van der Waals surface area contributed by atoms with E-state index >= 15 is 0 Å². The van der Waals surface area contributed by atoms with Crippen LogP contribution in [0.4, 0.5) is 0 Å². The Kier molecular flexibility index (Phi) is 13.2. The van der Waals surface area contributed by atoms with Crippen molar-refractivity contribution in [3.63, 3.8) is 0 Å². The number of hydrogen-bond acceptors (Lipinski definition) is 8. The third kappa shape index (κ3) is 13.1. The number of nitrogens with two attached hydrogens (primary N) is 3. The maximum atomic E-state index is 12.6. The second-order valence-electron chi connectivity index (χ2n) is 6.76. The molecule has 186 valence electrons. The van der Waals surface area contributed by atoms with Crippen molar-refractivity contribution in [3.05, 3.63) is 0 Å². The number of aliphatic carboxylic acids is 3. The summed E-state index contributed by atoms with van der Waals surface area (Å²) >= 11 is 0. The van der Waals surface area contributed by atoms with Crippen LogP contribution in [-0.4, -0.2) is 88.1 Å². The zero-order chi connectivity index (χ0) is 25.6. The first kappa shape index (κ1) is 29.0. The number of aliphatic imine (C=N–C) groups is 1. The van der Waals surface area contributed by atoms with Crippen molar-refractivity contribution in [2.45, 2.75) is 50.2 Å². The Morgan fingerprint density at radius 2 is 1.36 bits per heavy atom. The van der Waals surface area contributed by atoms with Crippen LogP contribution in [0.5, 0.6) is 0 Å². The Labute approximate surface area is 187 Å². The van der Waals surface area contributed by atoms with Gasteiger partial charge in [-0.2, -0.15) is 0 Å². The zero-order valence-corrected chi connectivity index (χ0v) is 17.7. The van der Waals surface area contributed by atoms with E-state index in [0.29, 0.717) is 0 Å². The van der Waals surface area contributed by atoms with Crippen LogP contribution in [0.25, 0.3) is 0 Å². The van der Waals surface area contributed by atoms with Crippen LogP contribution in [-0.2, 0) is 28.8 Å². The maximum Gasteiger partial charge on any atom is 0.326 e. The topological polar surface area (TPSA) is 290 Å². The minimum atomic E-state index is -1.71. The van der Waals surface area contributed by atoms with E-state index in [4.69, 9.17) is 32.5 Å². The van der Waals surface area contributed by atoms with Crippen LogP contribution >= 0.6 is 0 Å². The third-order valence-electron chi connectivity index (χ3n) is 4.06. The number of carbonyl (C=O) groups excluding carboxylic acids is 3. The lowest BCUT2D eigenvalue weighted by atomic mass is 10.1. The SMILES string of the molecule is NCC(=O)NC(CCCN=C(N)N)C(=O)NC(CC(=O)O)C(=O)NC(CCC(=O)O)C(=O)O. The summed E-state index contributed by atoms with van der Waals surface area (Å²) in [4.78, 5) is 73.5. The molecule has 0 aliphatic heterocycles. The molecule has 0 saturated carbocycles. The Hall–Kier alpha value is -3.95. The van der Waals surface area contributed by atoms with Gasteiger partial charge in [0.05, 0.1) is 13.0 Å². The normalized spacial score (nSPS) is 13.0. The van der Waals surface area contributed by atoms with Crippen LogP contribution in [0.3, 0.4) is 0 Å². The summed E-state index contributed by atoms with van der Waals surface area (Å²) in [6, 6.07) is -4.56. The van der Waals surface area contributed by atoms with Crippen molar-refractivity contribution >= 4 is 41.6 Å². The monoisotopic (exact) mass is 475 g/mol. The fourth-order valence-corrected chi connectivity index (χ4v) is 2.48. The molecular formula is C17H29N7O9. The maximum absolute atomic E-state index is 12.6. The molecule has 3 unspecified atom stereocenters. The molecule has 0 aromatic heterocycles. The molecular weight excluding hydrogens is 446 g/mol. The van der Waals surface area contributed by atoms with Crippen molar-refractivity contribution < 1.29 is 44.1 Å². The molecule has 16 nitrogen and oxygen atoms in total. The molecule has 0 rings (SSSR count). The number of carboxylic acids is 3. The number of nitrogens with one attached hydrogen (secondary N) is 3. The van der Waals surface area contributed by atoms with Gasteiger partial charge in [0.1, 0.15) is 18.1 Å². The van der Waals surface area contributed by atoms with E-state index in [-0.39, 0.29) is 25.3 Å². The number of rotatable bonds is 16. The molecule has 3 amide bonds. The third-order valence-corrected chi connectivity index (χ3v) is 4.06. The Morgan fingerprint density at radius 3 is 1.85 bits per heavy atom. The van der Waals surface area contributed by atoms with Gasteiger partial charge in [0.25, 0.3) is 0 Å². The predicted octanol–water partition coefficient (Wildman–Crippen LogP) is -4.12. The summed E-state index contributed by atoms with van der Waals surface area (Å²) in [5.41, 5.74) is 15.6. The molecule has 0 bridgehead atoms. The Morgan fingerprint density at radius 1 is 0.788 bits per heavy atom. The summed E-state index contributed by atoms with van der Waals surface area (Å²) in [7, 11) is 0. The lowest BCUT2D eigenvalue weighted by Crippen LogP contribution is -2.56. The summed E-state index contributed by atoms with van der Waals surface area (Å²) in [6.07, 6.45) is -1.71. The van der Waals surface area contributed by atoms with E-state index in [2.05, 4.69) is 15.6 Å². The molecule has 12 N–H and O–H groups in total. The van der Waals surface area contributed by atoms with Gasteiger partial charge in [0.2, 0.25) is 17.7 Å². The van der Waals surface area contributed by atoms with Crippen LogP contribution in [0, 0.1) is 0 Å². The average Bonchev–Trinajstić information content (AvgIpc) is 2.71. The first-order chi connectivity index (χ1) is 15.4. The Balaban J connectivity index is 5.41. The highest BCUT2D eigenvalue weighted by Crippen LogP contribution is 2.04. The molecule has 0 fully saturated rings. The largest absolute Gasteiger partial charge is 0.481 e. The van der Waals surface area contributed by atoms with Gasteiger partial charge in [-0.3, -0.25) is 29.0 Å². The summed E-state index contributed by atoms with van der Waals surface area (Å²) < 4.78 is 0. The fraction of sp³-hybridized carbons (Fsp3) is 0.588. The van der Waals surface area contributed by atoms with E-state index in [9.17, 15) is 28.8 Å². The van der Waals surface area contributed by atoms with E-state index < -0.39 is 79.6 Å². The lowest BCUT2D eigenvalue weighted by molar-refractivity contribution is -0.144. The highest BCUT2D eigenvalue weighted by atomic mass is 16.4. The number of amides is 3. The second kappa shape index (κ2) is 15.0. The zero-order valence-electron chi connectivity index (χ0n) is 17.7. The van der Waals surface area contributed by atoms with Crippen LogP contribution in [0.15, 0.2) is 4.99 Å². The fourth-order valence-electron chi connectivity index (χ4n) is 2.48. The van der Waals surface area contributed by atoms with Gasteiger partial charge in [0, 0.05) is 13.0 Å². The molecule has 0 saturated heterocycles. The van der Waals surface area contributed by atoms with E-state index in [1.165, 1.54) is 0 Å². The van der Waals surface area contributed by atoms with Gasteiger partial charge in [-0.1, -0.05) is 0 Å². The molecule has 3 atom stereocenters. The van der Waals surface area contributed by atoms with Gasteiger partial charge < -0.3 is 48.5 Å². The molecule has 0 aromatic rings.